The van der Waals surface area contributed by atoms with Gasteiger partial charge in [0.25, 0.3) is 0 Å². The molecular weight excluding hydrogens is 331 g/mol. The lowest BCUT2D eigenvalue weighted by molar-refractivity contribution is -0.142. The van der Waals surface area contributed by atoms with Crippen LogP contribution in [0.4, 0.5) is 18.9 Å². The number of hydrogen-bond donors (Lipinski definition) is 0. The van der Waals surface area contributed by atoms with Crippen LogP contribution in [-0.2, 0) is 23.8 Å². The third-order valence-corrected chi connectivity index (χ3v) is 4.10. The predicted molar refractivity (Wildman–Crippen MR) is 78.0 cm³/mol. The zero-order valence-corrected chi connectivity index (χ0v) is 12.6. The number of benzene rings is 1. The highest BCUT2D eigenvalue weighted by Gasteiger charge is 2.40. The van der Waals surface area contributed by atoms with Crippen LogP contribution in [0.15, 0.2) is 23.2 Å². The van der Waals surface area contributed by atoms with Gasteiger partial charge in [0.05, 0.1) is 5.02 Å². The number of fused-ring (bicyclic) bond motifs is 1. The van der Waals surface area contributed by atoms with Crippen molar-refractivity contribution in [2.75, 3.05) is 0 Å². The largest absolute Gasteiger partial charge is 0.435 e. The SMILES string of the molecule is O=C=Nc1cccc(Cl)c1-n1nc(C(F)(F)F)c2c1CCCC2. The quantitative estimate of drug-likeness (QED) is 0.600. The lowest BCUT2D eigenvalue weighted by Gasteiger charge is -2.16. The van der Waals surface area contributed by atoms with Crippen molar-refractivity contribution < 1.29 is 18.0 Å². The van der Waals surface area contributed by atoms with Crippen LogP contribution in [0, 0.1) is 0 Å². The van der Waals surface area contributed by atoms with Crippen molar-refractivity contribution in [3.63, 3.8) is 0 Å². The molecule has 0 amide bonds. The molecule has 8 heteroatoms. The Morgan fingerprint density at radius 2 is 2.00 bits per heavy atom. The van der Waals surface area contributed by atoms with Crippen LogP contribution in [0.2, 0.25) is 5.02 Å². The number of nitrogens with zero attached hydrogens (tertiary/aromatic N) is 3. The fourth-order valence-corrected chi connectivity index (χ4v) is 3.11. The number of aliphatic imine (C=N–C) groups is 1. The number of para-hydroxylation sites is 1. The minimum absolute atomic E-state index is 0.136. The fraction of sp³-hybridized carbons (Fsp3) is 0.333. The number of isocyanates is 1. The standard InChI is InChI=1S/C15H11ClF3N3O/c16-10-5-3-6-11(20-8-23)13(10)22-12-7-2-1-4-9(12)14(21-22)15(17,18)19/h3,5-6H,1-2,4,7H2. The van der Waals surface area contributed by atoms with E-state index in [0.717, 1.165) is 6.42 Å². The average Bonchev–Trinajstić information content (AvgIpc) is 2.87. The van der Waals surface area contributed by atoms with Gasteiger partial charge in [-0.1, -0.05) is 17.7 Å². The molecule has 0 atom stereocenters. The maximum Gasteiger partial charge on any atom is 0.435 e. The Bertz CT molecular complexity index is 807. The van der Waals surface area contributed by atoms with Gasteiger partial charge in [0.15, 0.2) is 5.69 Å². The second-order valence-corrected chi connectivity index (χ2v) is 5.61. The van der Waals surface area contributed by atoms with Crippen LogP contribution in [-0.4, -0.2) is 15.9 Å². The molecule has 2 aromatic rings. The molecule has 1 heterocycles. The van der Waals surface area contributed by atoms with E-state index in [-0.39, 0.29) is 22.0 Å². The monoisotopic (exact) mass is 341 g/mol. The van der Waals surface area contributed by atoms with Gasteiger partial charge in [0.2, 0.25) is 6.08 Å². The zero-order chi connectivity index (χ0) is 16.6. The van der Waals surface area contributed by atoms with Crippen molar-refractivity contribution in [2.24, 2.45) is 4.99 Å². The first kappa shape index (κ1) is 15.8. The normalized spacial score (nSPS) is 14.3. The van der Waals surface area contributed by atoms with Gasteiger partial charge in [-0.2, -0.15) is 23.3 Å². The van der Waals surface area contributed by atoms with Gasteiger partial charge in [0, 0.05) is 11.3 Å². The Hall–Kier alpha value is -2.11. The predicted octanol–water partition coefficient (Wildman–Crippen LogP) is 4.39. The van der Waals surface area contributed by atoms with E-state index in [1.807, 2.05) is 0 Å². The van der Waals surface area contributed by atoms with Crippen LogP contribution >= 0.6 is 11.6 Å². The smallest absolute Gasteiger partial charge is 0.233 e. The summed E-state index contributed by atoms with van der Waals surface area (Å²) in [6.45, 7) is 0. The second-order valence-electron chi connectivity index (χ2n) is 5.20. The third kappa shape index (κ3) is 2.78. The Labute approximate surface area is 134 Å². The summed E-state index contributed by atoms with van der Waals surface area (Å²) in [5.41, 5.74) is 0.0835. The molecule has 0 fully saturated rings. The summed E-state index contributed by atoms with van der Waals surface area (Å²) in [7, 11) is 0. The minimum Gasteiger partial charge on any atom is -0.233 e. The summed E-state index contributed by atoms with van der Waals surface area (Å²) in [5.74, 6) is 0. The molecule has 1 aliphatic carbocycles. The molecule has 0 bridgehead atoms. The molecule has 4 nitrogen and oxygen atoms in total. The summed E-state index contributed by atoms with van der Waals surface area (Å²) in [5, 5.41) is 3.93. The van der Waals surface area contributed by atoms with Crippen molar-refractivity contribution in [3.05, 3.63) is 40.2 Å². The Morgan fingerprint density at radius 3 is 2.70 bits per heavy atom. The van der Waals surface area contributed by atoms with Crippen LogP contribution < -0.4 is 0 Å². The van der Waals surface area contributed by atoms with Gasteiger partial charge in [-0.05, 0) is 37.8 Å². The minimum atomic E-state index is -4.54. The van der Waals surface area contributed by atoms with Crippen LogP contribution in [0.1, 0.15) is 29.8 Å². The molecule has 0 unspecified atom stereocenters. The van der Waals surface area contributed by atoms with Gasteiger partial charge in [-0.3, -0.25) is 0 Å². The van der Waals surface area contributed by atoms with E-state index < -0.39 is 11.9 Å². The summed E-state index contributed by atoms with van der Waals surface area (Å²) in [6, 6.07) is 4.56. The van der Waals surface area contributed by atoms with Crippen molar-refractivity contribution >= 4 is 23.4 Å². The molecule has 1 aliphatic rings. The van der Waals surface area contributed by atoms with Gasteiger partial charge >= 0.3 is 6.18 Å². The summed E-state index contributed by atoms with van der Waals surface area (Å²) < 4.78 is 41.0. The molecule has 0 radical (unpaired) electrons. The molecule has 3 rings (SSSR count). The Kier molecular flexibility index (Phi) is 4.00. The van der Waals surface area contributed by atoms with Crippen molar-refractivity contribution in [1.29, 1.82) is 0 Å². The molecule has 0 aliphatic heterocycles. The van der Waals surface area contributed by atoms with Gasteiger partial charge < -0.3 is 0 Å². The van der Waals surface area contributed by atoms with E-state index in [4.69, 9.17) is 11.6 Å². The van der Waals surface area contributed by atoms with Crippen molar-refractivity contribution in [3.8, 4) is 5.69 Å². The number of halogens is 4. The van der Waals surface area contributed by atoms with Crippen molar-refractivity contribution in [1.82, 2.24) is 9.78 Å². The van der Waals surface area contributed by atoms with Crippen LogP contribution in [0.5, 0.6) is 0 Å². The zero-order valence-electron chi connectivity index (χ0n) is 11.8. The van der Waals surface area contributed by atoms with Crippen LogP contribution in [0.25, 0.3) is 5.69 Å². The molecule has 0 saturated heterocycles. The molecule has 1 aromatic heterocycles. The number of rotatable bonds is 2. The number of aromatic nitrogens is 2. The van der Waals surface area contributed by atoms with Gasteiger partial charge in [-0.25, -0.2) is 9.48 Å². The average molecular weight is 342 g/mol. The lowest BCUT2D eigenvalue weighted by atomic mass is 9.95. The van der Waals surface area contributed by atoms with Gasteiger partial charge in [-0.15, -0.1) is 0 Å². The molecule has 0 N–H and O–H groups in total. The summed E-state index contributed by atoms with van der Waals surface area (Å²) in [4.78, 5) is 14.1. The molecule has 0 saturated carbocycles. The number of carbonyl (C=O) groups excluding carboxylic acids is 1. The maximum atomic E-state index is 13.3. The van der Waals surface area contributed by atoms with E-state index >= 15 is 0 Å². The van der Waals surface area contributed by atoms with Gasteiger partial charge in [0.1, 0.15) is 11.4 Å². The Morgan fingerprint density at radius 1 is 1.26 bits per heavy atom. The molecule has 23 heavy (non-hydrogen) atoms. The Balaban J connectivity index is 2.30. The highest BCUT2D eigenvalue weighted by Crippen LogP contribution is 2.39. The molecule has 120 valence electrons. The van der Waals surface area contributed by atoms with E-state index in [0.29, 0.717) is 25.0 Å². The fourth-order valence-electron chi connectivity index (χ4n) is 2.86. The highest BCUT2D eigenvalue weighted by atomic mass is 35.5. The first-order chi connectivity index (χ1) is 10.9. The first-order valence-corrected chi connectivity index (χ1v) is 7.36. The third-order valence-electron chi connectivity index (χ3n) is 3.79. The lowest BCUT2D eigenvalue weighted by Crippen LogP contribution is -2.11. The summed E-state index contributed by atoms with van der Waals surface area (Å²) in [6.07, 6.45) is -0.907. The summed E-state index contributed by atoms with van der Waals surface area (Å²) >= 11 is 6.13. The topological polar surface area (TPSA) is 47.2 Å². The van der Waals surface area contributed by atoms with E-state index in [2.05, 4.69) is 10.1 Å². The van der Waals surface area contributed by atoms with E-state index in [9.17, 15) is 18.0 Å². The maximum absolute atomic E-state index is 13.3. The van der Waals surface area contributed by atoms with Crippen molar-refractivity contribution in [2.45, 2.75) is 31.9 Å². The number of alkyl halides is 3. The van der Waals surface area contributed by atoms with E-state index in [1.54, 1.807) is 6.07 Å². The number of hydrogen-bond acceptors (Lipinski definition) is 3. The first-order valence-electron chi connectivity index (χ1n) is 6.98. The highest BCUT2D eigenvalue weighted by molar-refractivity contribution is 6.32. The van der Waals surface area contributed by atoms with Crippen LogP contribution in [0.3, 0.4) is 0 Å². The molecular formula is C15H11ClF3N3O. The second kappa shape index (κ2) is 5.83. The van der Waals surface area contributed by atoms with E-state index in [1.165, 1.54) is 22.9 Å². The molecule has 0 spiro atoms. The molecule has 1 aromatic carbocycles.